The molecule has 3 aromatic carbocycles. The first-order valence-corrected chi connectivity index (χ1v) is 7.29. The van der Waals surface area contributed by atoms with Crippen LogP contribution in [0.1, 0.15) is 11.1 Å². The van der Waals surface area contributed by atoms with Gasteiger partial charge in [0, 0.05) is 32.7 Å². The van der Waals surface area contributed by atoms with Gasteiger partial charge in [0.2, 0.25) is 0 Å². The summed E-state index contributed by atoms with van der Waals surface area (Å²) in [5, 5.41) is 23.7. The molecule has 23 heavy (non-hydrogen) atoms. The van der Waals surface area contributed by atoms with Crippen molar-refractivity contribution in [3.05, 3.63) is 56.2 Å². The average Bonchev–Trinajstić information content (AvgIpc) is 2.54. The maximum absolute atomic E-state index is 12.0. The molecule has 0 radical (unpaired) electrons. The lowest BCUT2D eigenvalue weighted by Crippen LogP contribution is -2.12. The highest BCUT2D eigenvalue weighted by atomic mass is 16.4. The zero-order valence-electron chi connectivity index (χ0n) is 11.8. The van der Waals surface area contributed by atoms with Crippen molar-refractivity contribution in [2.75, 3.05) is 0 Å². The van der Waals surface area contributed by atoms with E-state index in [1.54, 1.807) is 24.3 Å². The highest BCUT2D eigenvalue weighted by Crippen LogP contribution is 2.46. The van der Waals surface area contributed by atoms with E-state index < -0.39 is 11.3 Å². The fraction of sp³-hybridized carbons (Fsp3) is 0.111. The number of rotatable bonds is 0. The molecule has 5 heteroatoms. The molecule has 1 aromatic heterocycles. The first kappa shape index (κ1) is 12.5. The first-order valence-electron chi connectivity index (χ1n) is 7.29. The Morgan fingerprint density at radius 1 is 0.696 bits per heavy atom. The SMILES string of the molecule is O=c1oc(=O)c2ccc3c(O)c4c(c(O)c5ccc1c2c53)CC4. The van der Waals surface area contributed by atoms with Crippen molar-refractivity contribution in [1.82, 2.24) is 0 Å². The monoisotopic (exact) mass is 306 g/mol. The largest absolute Gasteiger partial charge is 0.507 e. The summed E-state index contributed by atoms with van der Waals surface area (Å²) in [6, 6.07) is 6.38. The quantitative estimate of drug-likeness (QED) is 0.521. The zero-order valence-corrected chi connectivity index (χ0v) is 11.8. The predicted octanol–water partition coefficient (Wildman–Crippen LogP) is 2.41. The maximum atomic E-state index is 12.0. The molecule has 0 aliphatic heterocycles. The number of hydrogen-bond acceptors (Lipinski definition) is 5. The number of benzene rings is 2. The fourth-order valence-electron chi connectivity index (χ4n) is 3.65. The Morgan fingerprint density at radius 3 is 1.52 bits per heavy atom. The summed E-state index contributed by atoms with van der Waals surface area (Å²) in [6.07, 6.45) is 1.38. The van der Waals surface area contributed by atoms with E-state index >= 15 is 0 Å². The molecular weight excluding hydrogens is 296 g/mol. The van der Waals surface area contributed by atoms with E-state index in [4.69, 9.17) is 4.42 Å². The molecule has 112 valence electrons. The van der Waals surface area contributed by atoms with Crippen molar-refractivity contribution >= 4 is 32.3 Å². The predicted molar refractivity (Wildman–Crippen MR) is 85.7 cm³/mol. The van der Waals surface area contributed by atoms with Gasteiger partial charge in [-0.1, -0.05) is 0 Å². The second-order valence-corrected chi connectivity index (χ2v) is 5.90. The smallest absolute Gasteiger partial charge is 0.346 e. The lowest BCUT2D eigenvalue weighted by atomic mass is 9.89. The van der Waals surface area contributed by atoms with Crippen LogP contribution >= 0.6 is 0 Å². The summed E-state index contributed by atoms with van der Waals surface area (Å²) in [5.74, 6) is 0.207. The molecule has 0 atom stereocenters. The first-order chi connectivity index (χ1) is 11.1. The Morgan fingerprint density at radius 2 is 1.09 bits per heavy atom. The normalized spacial score (nSPS) is 13.6. The van der Waals surface area contributed by atoms with Crippen molar-refractivity contribution in [1.29, 1.82) is 0 Å². The van der Waals surface area contributed by atoms with Gasteiger partial charge in [-0.3, -0.25) is 0 Å². The second kappa shape index (κ2) is 3.81. The molecule has 5 rings (SSSR count). The van der Waals surface area contributed by atoms with Crippen LogP contribution in [-0.2, 0) is 12.8 Å². The lowest BCUT2D eigenvalue weighted by molar-refractivity contribution is 0.453. The van der Waals surface area contributed by atoms with E-state index in [2.05, 4.69) is 0 Å². The third kappa shape index (κ3) is 1.33. The Balaban J connectivity index is 2.28. The van der Waals surface area contributed by atoms with Crippen LogP contribution in [0, 0.1) is 0 Å². The topological polar surface area (TPSA) is 87.7 Å². The van der Waals surface area contributed by atoms with E-state index in [-0.39, 0.29) is 22.3 Å². The molecule has 5 nitrogen and oxygen atoms in total. The third-order valence-electron chi connectivity index (χ3n) is 4.86. The second-order valence-electron chi connectivity index (χ2n) is 5.90. The van der Waals surface area contributed by atoms with Crippen LogP contribution in [0.25, 0.3) is 32.3 Å². The minimum absolute atomic E-state index is 0.103. The molecular formula is C18H10O5. The molecule has 2 N–H and O–H groups in total. The van der Waals surface area contributed by atoms with Gasteiger partial charge in [-0.15, -0.1) is 0 Å². The maximum Gasteiger partial charge on any atom is 0.346 e. The Hall–Kier alpha value is -3.08. The van der Waals surface area contributed by atoms with Crippen molar-refractivity contribution in [3.63, 3.8) is 0 Å². The number of hydrogen-bond donors (Lipinski definition) is 2. The molecule has 0 amide bonds. The van der Waals surface area contributed by atoms with Crippen molar-refractivity contribution in [2.24, 2.45) is 0 Å². The number of fused-ring (bicyclic) bond motifs is 1. The molecule has 1 aliphatic rings. The third-order valence-corrected chi connectivity index (χ3v) is 4.86. The highest BCUT2D eigenvalue weighted by molar-refractivity contribution is 6.24. The molecule has 0 fully saturated rings. The Labute approximate surface area is 128 Å². The molecule has 0 saturated heterocycles. The van der Waals surface area contributed by atoms with Crippen LogP contribution < -0.4 is 11.3 Å². The minimum Gasteiger partial charge on any atom is -0.507 e. The molecule has 1 aliphatic carbocycles. The van der Waals surface area contributed by atoms with E-state index in [1.165, 1.54) is 0 Å². The Kier molecular flexibility index (Phi) is 2.07. The summed E-state index contributed by atoms with van der Waals surface area (Å²) >= 11 is 0. The van der Waals surface area contributed by atoms with E-state index in [0.29, 0.717) is 34.4 Å². The van der Waals surface area contributed by atoms with Gasteiger partial charge >= 0.3 is 11.3 Å². The van der Waals surface area contributed by atoms with Crippen LogP contribution in [0.15, 0.2) is 38.3 Å². The van der Waals surface area contributed by atoms with Gasteiger partial charge in [-0.05, 0) is 37.1 Å². The van der Waals surface area contributed by atoms with Gasteiger partial charge in [0.15, 0.2) is 0 Å². The number of aromatic hydroxyl groups is 2. The van der Waals surface area contributed by atoms with E-state index in [0.717, 1.165) is 11.1 Å². The summed E-state index contributed by atoms with van der Waals surface area (Å²) in [4.78, 5) is 24.0. The van der Waals surface area contributed by atoms with Gasteiger partial charge in [0.25, 0.3) is 0 Å². The van der Waals surface area contributed by atoms with Crippen LogP contribution in [0.2, 0.25) is 0 Å². The van der Waals surface area contributed by atoms with Gasteiger partial charge in [-0.2, -0.15) is 0 Å². The molecule has 0 saturated carbocycles. The molecule has 1 heterocycles. The van der Waals surface area contributed by atoms with Crippen LogP contribution in [-0.4, -0.2) is 10.2 Å². The van der Waals surface area contributed by atoms with Crippen molar-refractivity contribution in [2.45, 2.75) is 12.8 Å². The summed E-state index contributed by atoms with van der Waals surface area (Å²) < 4.78 is 4.75. The fourth-order valence-corrected chi connectivity index (χ4v) is 3.65. The summed E-state index contributed by atoms with van der Waals surface area (Å²) in [7, 11) is 0. The molecule has 0 spiro atoms. The van der Waals surface area contributed by atoms with Gasteiger partial charge in [-0.25, -0.2) is 9.59 Å². The molecule has 0 unspecified atom stereocenters. The van der Waals surface area contributed by atoms with Gasteiger partial charge in [0.1, 0.15) is 11.5 Å². The van der Waals surface area contributed by atoms with E-state index in [9.17, 15) is 19.8 Å². The summed E-state index contributed by atoms with van der Waals surface area (Å²) in [6.45, 7) is 0. The van der Waals surface area contributed by atoms with Crippen molar-refractivity contribution in [3.8, 4) is 11.5 Å². The zero-order chi connectivity index (χ0) is 15.9. The van der Waals surface area contributed by atoms with Crippen molar-refractivity contribution < 1.29 is 14.6 Å². The van der Waals surface area contributed by atoms with Gasteiger partial charge < -0.3 is 14.6 Å². The molecule has 4 aromatic rings. The lowest BCUT2D eigenvalue weighted by Gasteiger charge is -2.18. The molecule has 0 bridgehead atoms. The Bertz CT molecular complexity index is 1170. The van der Waals surface area contributed by atoms with Gasteiger partial charge in [0.05, 0.1) is 10.8 Å². The standard InChI is InChI=1S/C18H10O5/c19-15-7-1-2-8(7)16(20)10-4-6-12-14-11(17(21)23-18(12)22)5-3-9(15)13(10)14/h3-6,19-20H,1-2H2. The summed E-state index contributed by atoms with van der Waals surface area (Å²) in [5.41, 5.74) is 0.0240. The highest BCUT2D eigenvalue weighted by Gasteiger charge is 2.26. The average molecular weight is 306 g/mol. The van der Waals surface area contributed by atoms with Crippen LogP contribution in [0.4, 0.5) is 0 Å². The minimum atomic E-state index is -0.710. The van der Waals surface area contributed by atoms with Crippen LogP contribution in [0.3, 0.4) is 0 Å². The van der Waals surface area contributed by atoms with Crippen LogP contribution in [0.5, 0.6) is 11.5 Å². The van der Waals surface area contributed by atoms with E-state index in [1.807, 2.05) is 0 Å².